The number of carbonyl (C=O) groups is 2. The van der Waals surface area contributed by atoms with Crippen molar-refractivity contribution in [3.63, 3.8) is 0 Å². The zero-order chi connectivity index (χ0) is 22.9. The number of rotatable bonds is 5. The number of benzene rings is 2. The maximum atomic E-state index is 12.9. The van der Waals surface area contributed by atoms with Crippen LogP contribution in [0, 0.1) is 6.92 Å². The molecule has 0 aliphatic carbocycles. The number of hydrogen-bond donors (Lipinski definition) is 3. The van der Waals surface area contributed by atoms with E-state index in [0.29, 0.717) is 29.9 Å². The molecule has 0 saturated heterocycles. The SMILES string of the molecule is Cc1ccc(C(=O)Nc2n[nH]c3c2CCn2cc(C(=O)NC(C)c4ccccc4)cc2-3)cc1. The molecule has 3 heterocycles. The average Bonchev–Trinajstić information content (AvgIpc) is 3.44. The largest absolute Gasteiger partial charge is 0.345 e. The Balaban J connectivity index is 1.34. The monoisotopic (exact) mass is 439 g/mol. The van der Waals surface area contributed by atoms with Gasteiger partial charge in [0.2, 0.25) is 0 Å². The van der Waals surface area contributed by atoms with Crippen molar-refractivity contribution in [1.29, 1.82) is 0 Å². The Morgan fingerprint density at radius 1 is 1.03 bits per heavy atom. The quantitative estimate of drug-likeness (QED) is 0.428. The van der Waals surface area contributed by atoms with Crippen LogP contribution < -0.4 is 10.6 Å². The second kappa shape index (κ2) is 8.43. The number of nitrogens with zero attached hydrogens (tertiary/aromatic N) is 2. The van der Waals surface area contributed by atoms with Crippen LogP contribution in [0.4, 0.5) is 5.82 Å². The van der Waals surface area contributed by atoms with Gasteiger partial charge in [0.15, 0.2) is 5.82 Å². The summed E-state index contributed by atoms with van der Waals surface area (Å²) in [5.41, 5.74) is 6.00. The van der Waals surface area contributed by atoms with E-state index < -0.39 is 0 Å². The molecule has 0 radical (unpaired) electrons. The molecule has 1 atom stereocenters. The van der Waals surface area contributed by atoms with Crippen molar-refractivity contribution >= 4 is 17.6 Å². The minimum atomic E-state index is -0.194. The molecule has 5 rings (SSSR count). The van der Waals surface area contributed by atoms with Crippen LogP contribution in [0.15, 0.2) is 66.9 Å². The van der Waals surface area contributed by atoms with Crippen LogP contribution in [0.5, 0.6) is 0 Å². The maximum absolute atomic E-state index is 12.9. The molecular weight excluding hydrogens is 414 g/mol. The molecule has 0 saturated carbocycles. The van der Waals surface area contributed by atoms with Crippen molar-refractivity contribution in [2.24, 2.45) is 0 Å². The molecule has 1 aliphatic heterocycles. The van der Waals surface area contributed by atoms with Crippen molar-refractivity contribution < 1.29 is 9.59 Å². The number of nitrogens with one attached hydrogen (secondary N) is 3. The second-order valence-electron chi connectivity index (χ2n) is 8.41. The lowest BCUT2D eigenvalue weighted by molar-refractivity contribution is 0.0939. The molecular formula is C26H25N5O2. The Kier molecular flexibility index (Phi) is 5.30. The van der Waals surface area contributed by atoms with Gasteiger partial charge in [-0.25, -0.2) is 0 Å². The second-order valence-corrected chi connectivity index (χ2v) is 8.41. The zero-order valence-corrected chi connectivity index (χ0v) is 18.6. The minimum Gasteiger partial charge on any atom is -0.345 e. The van der Waals surface area contributed by atoms with E-state index in [1.165, 1.54) is 0 Å². The van der Waals surface area contributed by atoms with E-state index >= 15 is 0 Å². The van der Waals surface area contributed by atoms with Gasteiger partial charge < -0.3 is 15.2 Å². The Morgan fingerprint density at radius 3 is 2.55 bits per heavy atom. The van der Waals surface area contributed by atoms with Crippen LogP contribution in [0.1, 0.15) is 50.4 Å². The molecule has 2 aromatic carbocycles. The highest BCUT2D eigenvalue weighted by Crippen LogP contribution is 2.33. The topological polar surface area (TPSA) is 91.8 Å². The third-order valence-electron chi connectivity index (χ3n) is 6.08. The van der Waals surface area contributed by atoms with Gasteiger partial charge in [-0.05, 0) is 44.0 Å². The lowest BCUT2D eigenvalue weighted by atomic mass is 10.1. The first kappa shape index (κ1) is 20.8. The zero-order valence-electron chi connectivity index (χ0n) is 18.6. The first-order chi connectivity index (χ1) is 16.0. The number of carbonyl (C=O) groups excluding carboxylic acids is 2. The fraction of sp³-hybridized carbons (Fsp3) is 0.192. The lowest BCUT2D eigenvalue weighted by Gasteiger charge is -2.16. The molecule has 7 nitrogen and oxygen atoms in total. The summed E-state index contributed by atoms with van der Waals surface area (Å²) in [7, 11) is 0. The molecule has 166 valence electrons. The van der Waals surface area contributed by atoms with E-state index in [9.17, 15) is 9.59 Å². The number of anilines is 1. The molecule has 1 unspecified atom stereocenters. The third-order valence-corrected chi connectivity index (χ3v) is 6.08. The summed E-state index contributed by atoms with van der Waals surface area (Å²) in [5.74, 6) is 0.217. The van der Waals surface area contributed by atoms with Gasteiger partial charge in [0.1, 0.15) is 0 Å². The van der Waals surface area contributed by atoms with Crippen molar-refractivity contribution in [1.82, 2.24) is 20.1 Å². The Bertz CT molecular complexity index is 1320. The molecule has 3 N–H and O–H groups in total. The molecule has 7 heteroatoms. The number of H-pyrrole nitrogens is 1. The summed E-state index contributed by atoms with van der Waals surface area (Å²) in [6.07, 6.45) is 2.58. The first-order valence-corrected chi connectivity index (χ1v) is 11.0. The number of hydrogen-bond acceptors (Lipinski definition) is 3. The van der Waals surface area contributed by atoms with Gasteiger partial charge in [-0.15, -0.1) is 0 Å². The minimum absolute atomic E-state index is 0.0954. The summed E-state index contributed by atoms with van der Waals surface area (Å²) >= 11 is 0. The first-order valence-electron chi connectivity index (χ1n) is 11.0. The number of aromatic nitrogens is 3. The fourth-order valence-electron chi connectivity index (χ4n) is 4.18. The molecule has 0 fully saturated rings. The van der Waals surface area contributed by atoms with Gasteiger partial charge in [0.25, 0.3) is 11.8 Å². The van der Waals surface area contributed by atoms with E-state index in [1.807, 2.05) is 73.1 Å². The highest BCUT2D eigenvalue weighted by atomic mass is 16.2. The van der Waals surface area contributed by atoms with Crippen molar-refractivity contribution in [2.45, 2.75) is 32.9 Å². The maximum Gasteiger partial charge on any atom is 0.256 e. The van der Waals surface area contributed by atoms with Gasteiger partial charge in [-0.3, -0.25) is 14.7 Å². The average molecular weight is 440 g/mol. The molecule has 1 aliphatic rings. The molecule has 33 heavy (non-hydrogen) atoms. The molecule has 0 bridgehead atoms. The van der Waals surface area contributed by atoms with Crippen molar-refractivity contribution in [3.8, 4) is 11.4 Å². The molecule has 2 amide bonds. The predicted molar refractivity (Wildman–Crippen MR) is 127 cm³/mol. The van der Waals surface area contributed by atoms with E-state index in [1.54, 1.807) is 12.1 Å². The van der Waals surface area contributed by atoms with Gasteiger partial charge in [0.05, 0.1) is 23.0 Å². The van der Waals surface area contributed by atoms with E-state index in [-0.39, 0.29) is 17.9 Å². The van der Waals surface area contributed by atoms with E-state index in [2.05, 4.69) is 20.8 Å². The smallest absolute Gasteiger partial charge is 0.256 e. The highest BCUT2D eigenvalue weighted by Gasteiger charge is 2.25. The lowest BCUT2D eigenvalue weighted by Crippen LogP contribution is -2.26. The van der Waals surface area contributed by atoms with Gasteiger partial charge >= 0.3 is 0 Å². The van der Waals surface area contributed by atoms with Gasteiger partial charge in [-0.1, -0.05) is 48.0 Å². The summed E-state index contributed by atoms with van der Waals surface area (Å²) in [6, 6.07) is 19.1. The van der Waals surface area contributed by atoms with Crippen LogP contribution in [0.3, 0.4) is 0 Å². The van der Waals surface area contributed by atoms with Gasteiger partial charge in [0, 0.05) is 23.9 Å². The number of amides is 2. The van der Waals surface area contributed by atoms with Crippen LogP contribution in [0.2, 0.25) is 0 Å². The summed E-state index contributed by atoms with van der Waals surface area (Å²) in [6.45, 7) is 4.66. The summed E-state index contributed by atoms with van der Waals surface area (Å²) < 4.78 is 2.05. The Morgan fingerprint density at radius 2 is 1.79 bits per heavy atom. The third kappa shape index (κ3) is 4.05. The summed E-state index contributed by atoms with van der Waals surface area (Å²) in [5, 5.41) is 13.4. The molecule has 4 aromatic rings. The number of aromatic amines is 1. The van der Waals surface area contributed by atoms with Crippen LogP contribution in [0.25, 0.3) is 11.4 Å². The normalized spacial score (nSPS) is 13.0. The summed E-state index contributed by atoms with van der Waals surface area (Å²) in [4.78, 5) is 25.5. The van der Waals surface area contributed by atoms with E-state index in [4.69, 9.17) is 0 Å². The molecule has 2 aromatic heterocycles. The number of fused-ring (bicyclic) bond motifs is 3. The predicted octanol–water partition coefficient (Wildman–Crippen LogP) is 4.49. The van der Waals surface area contributed by atoms with Crippen LogP contribution >= 0.6 is 0 Å². The van der Waals surface area contributed by atoms with Gasteiger partial charge in [-0.2, -0.15) is 5.10 Å². The number of aryl methyl sites for hydroxylation is 2. The Labute approximate surface area is 191 Å². The Hall–Kier alpha value is -4.13. The molecule has 0 spiro atoms. The highest BCUT2D eigenvalue weighted by molar-refractivity contribution is 6.04. The van der Waals surface area contributed by atoms with Crippen molar-refractivity contribution in [2.75, 3.05) is 5.32 Å². The van der Waals surface area contributed by atoms with Crippen molar-refractivity contribution in [3.05, 3.63) is 94.7 Å². The van der Waals surface area contributed by atoms with Crippen LogP contribution in [-0.4, -0.2) is 26.6 Å². The van der Waals surface area contributed by atoms with E-state index in [0.717, 1.165) is 28.1 Å². The fourth-order valence-corrected chi connectivity index (χ4v) is 4.18. The van der Waals surface area contributed by atoms with Crippen LogP contribution in [-0.2, 0) is 13.0 Å². The standard InChI is InChI=1S/C26H25N5O2/c1-16-8-10-19(11-9-16)25(32)28-24-21-12-13-31-15-20(14-22(31)23(21)29-30-24)26(33)27-17(2)18-6-4-3-5-7-18/h3-11,14-15,17H,12-13H2,1-2H3,(H,27,33)(H2,28,29,30,32).